The third kappa shape index (κ3) is 4.75. The monoisotopic (exact) mass is 299 g/mol. The van der Waals surface area contributed by atoms with Gasteiger partial charge in [0.15, 0.2) is 5.78 Å². The minimum atomic E-state index is -3.86. The highest BCUT2D eigenvalue weighted by Gasteiger charge is 2.16. The van der Waals surface area contributed by atoms with Gasteiger partial charge in [0.1, 0.15) is 6.54 Å². The van der Waals surface area contributed by atoms with Crippen LogP contribution in [-0.2, 0) is 14.8 Å². The van der Waals surface area contributed by atoms with E-state index in [0.717, 1.165) is 0 Å². The lowest BCUT2D eigenvalue weighted by atomic mass is 10.0. The zero-order valence-electron chi connectivity index (χ0n) is 11.3. The Labute approximate surface area is 117 Å². The number of carboxylic acid groups (broad SMARTS) is 1. The highest BCUT2D eigenvalue weighted by atomic mass is 32.2. The van der Waals surface area contributed by atoms with Crippen LogP contribution in [0.3, 0.4) is 0 Å². The molecular weight excluding hydrogens is 282 g/mol. The zero-order chi connectivity index (χ0) is 15.3. The number of Topliss-reactive ketones (excluding diaryl/α,β-unsaturated/α-hetero) is 1. The second-order valence-electron chi connectivity index (χ2n) is 4.76. The maximum Gasteiger partial charge on any atom is 0.318 e. The van der Waals surface area contributed by atoms with Crippen LogP contribution in [0.4, 0.5) is 0 Å². The molecule has 1 rings (SSSR count). The third-order valence-corrected chi connectivity index (χ3v) is 3.91. The molecule has 0 amide bonds. The summed E-state index contributed by atoms with van der Waals surface area (Å²) >= 11 is 0. The van der Waals surface area contributed by atoms with E-state index < -0.39 is 22.5 Å². The lowest BCUT2D eigenvalue weighted by Gasteiger charge is -2.07. The van der Waals surface area contributed by atoms with Crippen molar-refractivity contribution in [1.82, 2.24) is 4.72 Å². The average molecular weight is 299 g/mol. The third-order valence-electron chi connectivity index (χ3n) is 2.49. The van der Waals surface area contributed by atoms with E-state index in [9.17, 15) is 18.0 Å². The van der Waals surface area contributed by atoms with Gasteiger partial charge < -0.3 is 5.11 Å². The first-order chi connectivity index (χ1) is 9.22. The van der Waals surface area contributed by atoms with Crippen molar-refractivity contribution >= 4 is 21.8 Å². The number of benzene rings is 1. The van der Waals surface area contributed by atoms with E-state index in [1.807, 2.05) is 18.6 Å². The van der Waals surface area contributed by atoms with Gasteiger partial charge in [-0.25, -0.2) is 8.42 Å². The van der Waals surface area contributed by atoms with Gasteiger partial charge in [0.25, 0.3) is 0 Å². The number of hydrogen-bond acceptors (Lipinski definition) is 4. The van der Waals surface area contributed by atoms with E-state index >= 15 is 0 Å². The number of rotatable bonds is 7. The predicted octanol–water partition coefficient (Wildman–Crippen LogP) is 1.28. The highest BCUT2D eigenvalue weighted by molar-refractivity contribution is 7.89. The second kappa shape index (κ2) is 6.62. The Balaban J connectivity index is 2.85. The molecule has 0 atom stereocenters. The Bertz CT molecular complexity index is 590. The number of ketones is 1. The number of nitrogens with one attached hydrogen (secondary N) is 1. The molecule has 0 aliphatic rings. The largest absolute Gasteiger partial charge is 0.480 e. The minimum absolute atomic E-state index is 0.0533. The van der Waals surface area contributed by atoms with Crippen molar-refractivity contribution in [2.24, 2.45) is 5.92 Å². The summed E-state index contributed by atoms with van der Waals surface area (Å²) in [6, 6.07) is 5.44. The van der Waals surface area contributed by atoms with Gasteiger partial charge in [-0.05, 0) is 18.1 Å². The zero-order valence-corrected chi connectivity index (χ0v) is 12.1. The predicted molar refractivity (Wildman–Crippen MR) is 73.1 cm³/mol. The van der Waals surface area contributed by atoms with E-state index in [-0.39, 0.29) is 16.6 Å². The summed E-state index contributed by atoms with van der Waals surface area (Å²) in [5.74, 6) is -1.09. The van der Waals surface area contributed by atoms with Crippen molar-refractivity contribution in [3.8, 4) is 0 Å². The number of carbonyl (C=O) groups is 2. The Morgan fingerprint density at radius 2 is 1.75 bits per heavy atom. The molecule has 0 aromatic heterocycles. The molecule has 0 aliphatic heterocycles. The molecule has 0 radical (unpaired) electrons. The van der Waals surface area contributed by atoms with Crippen LogP contribution < -0.4 is 4.72 Å². The molecule has 0 heterocycles. The second-order valence-corrected chi connectivity index (χ2v) is 6.53. The average Bonchev–Trinajstić information content (AvgIpc) is 2.36. The Morgan fingerprint density at radius 1 is 1.20 bits per heavy atom. The topological polar surface area (TPSA) is 101 Å². The summed E-state index contributed by atoms with van der Waals surface area (Å²) in [5, 5.41) is 8.45. The molecule has 1 aromatic carbocycles. The smallest absolute Gasteiger partial charge is 0.318 e. The van der Waals surface area contributed by atoms with E-state index in [1.165, 1.54) is 24.3 Å². The Kier molecular flexibility index (Phi) is 5.41. The van der Waals surface area contributed by atoms with Gasteiger partial charge in [0, 0.05) is 12.0 Å². The number of sulfonamides is 1. The molecule has 0 fully saturated rings. The first-order valence-electron chi connectivity index (χ1n) is 6.07. The normalized spacial score (nSPS) is 11.6. The lowest BCUT2D eigenvalue weighted by molar-refractivity contribution is -0.135. The van der Waals surface area contributed by atoms with Gasteiger partial charge in [0.05, 0.1) is 4.90 Å². The molecule has 0 aliphatic carbocycles. The molecular formula is C13H17NO5S. The molecule has 20 heavy (non-hydrogen) atoms. The first kappa shape index (κ1) is 16.3. The fourth-order valence-corrected chi connectivity index (χ4v) is 2.52. The van der Waals surface area contributed by atoms with E-state index in [1.54, 1.807) is 0 Å². The van der Waals surface area contributed by atoms with Crippen molar-refractivity contribution in [2.45, 2.75) is 25.2 Å². The maximum atomic E-state index is 11.8. The van der Waals surface area contributed by atoms with Crippen LogP contribution in [0, 0.1) is 5.92 Å². The van der Waals surface area contributed by atoms with Gasteiger partial charge in [-0.15, -0.1) is 0 Å². The molecule has 0 saturated carbocycles. The van der Waals surface area contributed by atoms with E-state index in [2.05, 4.69) is 0 Å². The van der Waals surface area contributed by atoms with Crippen molar-refractivity contribution in [3.05, 3.63) is 29.8 Å². The lowest BCUT2D eigenvalue weighted by Crippen LogP contribution is -2.29. The summed E-state index contributed by atoms with van der Waals surface area (Å²) in [6.45, 7) is 3.16. The molecule has 0 bridgehead atoms. The fraction of sp³-hybridized carbons (Fsp3) is 0.385. The van der Waals surface area contributed by atoms with Crippen molar-refractivity contribution in [1.29, 1.82) is 0 Å². The molecule has 0 saturated heterocycles. The Hall–Kier alpha value is -1.73. The summed E-state index contributed by atoms with van der Waals surface area (Å²) in [6.07, 6.45) is 0.392. The van der Waals surface area contributed by atoms with Crippen molar-refractivity contribution in [3.63, 3.8) is 0 Å². The molecule has 7 heteroatoms. The van der Waals surface area contributed by atoms with Crippen molar-refractivity contribution < 1.29 is 23.1 Å². The maximum absolute atomic E-state index is 11.8. The van der Waals surface area contributed by atoms with Crippen LogP contribution in [0.2, 0.25) is 0 Å². The number of carboxylic acids is 1. The molecule has 110 valence electrons. The molecule has 0 spiro atoms. The van der Waals surface area contributed by atoms with Gasteiger partial charge in [-0.1, -0.05) is 26.0 Å². The van der Waals surface area contributed by atoms with Crippen LogP contribution in [0.25, 0.3) is 0 Å². The van der Waals surface area contributed by atoms with Gasteiger partial charge in [-0.3, -0.25) is 9.59 Å². The fourth-order valence-electron chi connectivity index (χ4n) is 1.55. The number of hydrogen-bond donors (Lipinski definition) is 2. The molecule has 2 N–H and O–H groups in total. The number of carbonyl (C=O) groups excluding carboxylic acids is 1. The standard InChI is InChI=1S/C13H17NO5S/c1-9(2)7-12(15)10-3-5-11(6-4-10)20(18,19)14-8-13(16)17/h3-6,9,14H,7-8H2,1-2H3,(H,16,17). The SMILES string of the molecule is CC(C)CC(=O)c1ccc(S(=O)(=O)NCC(=O)O)cc1. The molecule has 0 unspecified atom stereocenters. The minimum Gasteiger partial charge on any atom is -0.480 e. The Morgan fingerprint density at radius 3 is 2.20 bits per heavy atom. The van der Waals surface area contributed by atoms with Crippen LogP contribution >= 0.6 is 0 Å². The van der Waals surface area contributed by atoms with Crippen LogP contribution in [0.5, 0.6) is 0 Å². The summed E-state index contributed by atoms with van der Waals surface area (Å²) < 4.78 is 25.4. The van der Waals surface area contributed by atoms with E-state index in [4.69, 9.17) is 5.11 Å². The summed E-state index contributed by atoms with van der Waals surface area (Å²) in [4.78, 5) is 22.1. The summed E-state index contributed by atoms with van der Waals surface area (Å²) in [7, 11) is -3.86. The van der Waals surface area contributed by atoms with Crippen molar-refractivity contribution in [2.75, 3.05) is 6.54 Å². The quantitative estimate of drug-likeness (QED) is 0.739. The van der Waals surface area contributed by atoms with Gasteiger partial charge in [-0.2, -0.15) is 4.72 Å². The highest BCUT2D eigenvalue weighted by Crippen LogP contribution is 2.13. The van der Waals surface area contributed by atoms with Crippen LogP contribution in [0.15, 0.2) is 29.2 Å². The first-order valence-corrected chi connectivity index (χ1v) is 7.55. The van der Waals surface area contributed by atoms with Crippen LogP contribution in [-0.4, -0.2) is 31.8 Å². The van der Waals surface area contributed by atoms with Gasteiger partial charge in [0.2, 0.25) is 10.0 Å². The van der Waals surface area contributed by atoms with E-state index in [0.29, 0.717) is 12.0 Å². The summed E-state index contributed by atoms with van der Waals surface area (Å²) in [5.41, 5.74) is 0.441. The molecule has 6 nitrogen and oxygen atoms in total. The van der Waals surface area contributed by atoms with Gasteiger partial charge >= 0.3 is 5.97 Å². The van der Waals surface area contributed by atoms with Crippen LogP contribution in [0.1, 0.15) is 30.6 Å². The molecule has 1 aromatic rings. The number of aliphatic carboxylic acids is 1.